The smallest absolute Gasteiger partial charge is 0.0977 e. The second-order valence-corrected chi connectivity index (χ2v) is 4.27. The van der Waals surface area contributed by atoms with E-state index < -0.39 is 0 Å². The maximum Gasteiger partial charge on any atom is 0.0977 e. The van der Waals surface area contributed by atoms with Gasteiger partial charge in [0.2, 0.25) is 0 Å². The molecule has 0 unspecified atom stereocenters. The molecule has 0 aromatic carbocycles. The molecule has 2 heteroatoms. The lowest BCUT2D eigenvalue weighted by atomic mass is 9.85. The lowest BCUT2D eigenvalue weighted by Gasteiger charge is -2.25. The molecule has 0 spiro atoms. The van der Waals surface area contributed by atoms with Gasteiger partial charge in [-0.05, 0) is 18.9 Å². The predicted octanol–water partition coefficient (Wildman–Crippen LogP) is 3.51. The zero-order chi connectivity index (χ0) is 11.7. The van der Waals surface area contributed by atoms with Crippen LogP contribution in [0.4, 0.5) is 0 Å². The van der Waals surface area contributed by atoms with E-state index in [0.717, 1.165) is 38.0 Å². The van der Waals surface area contributed by atoms with Crippen LogP contribution >= 0.6 is 0 Å². The summed E-state index contributed by atoms with van der Waals surface area (Å²) in [6, 6.07) is 0. The molecule has 2 nitrogen and oxygen atoms in total. The number of aliphatic hydroxyl groups is 1. The highest BCUT2D eigenvalue weighted by atomic mass is 16.5. The molecule has 0 fully saturated rings. The van der Waals surface area contributed by atoms with Crippen molar-refractivity contribution in [3.63, 3.8) is 0 Å². The largest absolute Gasteiger partial charge is 0.497 e. The van der Waals surface area contributed by atoms with Crippen LogP contribution in [0.15, 0.2) is 11.8 Å². The second-order valence-electron chi connectivity index (χ2n) is 4.27. The van der Waals surface area contributed by atoms with Gasteiger partial charge in [-0.15, -0.1) is 0 Å². The van der Waals surface area contributed by atoms with Crippen LogP contribution in [0.1, 0.15) is 53.4 Å². The Morgan fingerprint density at radius 2 is 2.00 bits per heavy atom. The number of hydrogen-bond donors (Lipinski definition) is 1. The number of ether oxygens (including phenoxy) is 1. The maximum atomic E-state index is 8.68. The third-order valence-electron chi connectivity index (χ3n) is 2.58. The molecule has 1 N–H and O–H groups in total. The quantitative estimate of drug-likeness (QED) is 0.710. The first-order valence-electron chi connectivity index (χ1n) is 6.11. The summed E-state index contributed by atoms with van der Waals surface area (Å²) in [4.78, 5) is 0. The SMILES string of the molecule is CC.CC(C)(CCCCO)C1=CCCO1. The van der Waals surface area contributed by atoms with E-state index in [1.54, 1.807) is 0 Å². The fourth-order valence-corrected chi connectivity index (χ4v) is 1.69. The molecule has 15 heavy (non-hydrogen) atoms. The number of rotatable bonds is 5. The minimum atomic E-state index is 0.158. The van der Waals surface area contributed by atoms with E-state index in [4.69, 9.17) is 9.84 Å². The van der Waals surface area contributed by atoms with Crippen LogP contribution in [0.3, 0.4) is 0 Å². The molecular formula is C13H26O2. The first-order valence-corrected chi connectivity index (χ1v) is 6.11. The molecule has 0 atom stereocenters. The topological polar surface area (TPSA) is 29.5 Å². The lowest BCUT2D eigenvalue weighted by Crippen LogP contribution is -2.15. The summed E-state index contributed by atoms with van der Waals surface area (Å²) < 4.78 is 5.55. The normalized spacial score (nSPS) is 15.1. The van der Waals surface area contributed by atoms with Gasteiger partial charge in [-0.3, -0.25) is 0 Å². The molecule has 0 amide bonds. The van der Waals surface area contributed by atoms with Crippen LogP contribution < -0.4 is 0 Å². The summed E-state index contributed by atoms with van der Waals surface area (Å²) in [5.74, 6) is 1.14. The third-order valence-corrected chi connectivity index (χ3v) is 2.58. The number of hydrogen-bond acceptors (Lipinski definition) is 2. The van der Waals surface area contributed by atoms with E-state index in [2.05, 4.69) is 19.9 Å². The third kappa shape index (κ3) is 5.22. The molecule has 1 rings (SSSR count). The molecule has 90 valence electrons. The Morgan fingerprint density at radius 3 is 2.47 bits per heavy atom. The first-order chi connectivity index (χ1) is 7.17. The Labute approximate surface area is 94.3 Å². The van der Waals surface area contributed by atoms with E-state index in [1.807, 2.05) is 13.8 Å². The van der Waals surface area contributed by atoms with E-state index in [1.165, 1.54) is 0 Å². The van der Waals surface area contributed by atoms with Crippen molar-refractivity contribution in [2.45, 2.75) is 53.4 Å². The zero-order valence-corrected chi connectivity index (χ0v) is 10.7. The van der Waals surface area contributed by atoms with Gasteiger partial charge >= 0.3 is 0 Å². The van der Waals surface area contributed by atoms with Gasteiger partial charge < -0.3 is 9.84 Å². The van der Waals surface area contributed by atoms with Gasteiger partial charge in [-0.2, -0.15) is 0 Å². The van der Waals surface area contributed by atoms with Gasteiger partial charge in [0, 0.05) is 18.4 Å². The summed E-state index contributed by atoms with van der Waals surface area (Å²) in [7, 11) is 0. The number of unbranched alkanes of at least 4 members (excludes halogenated alkanes) is 1. The highest BCUT2D eigenvalue weighted by molar-refractivity contribution is 5.08. The molecule has 0 aromatic heterocycles. The van der Waals surface area contributed by atoms with Crippen molar-refractivity contribution < 1.29 is 9.84 Å². The Balaban J connectivity index is 0.000000921. The summed E-state index contributed by atoms with van der Waals surface area (Å²) in [5.41, 5.74) is 0.158. The lowest BCUT2D eigenvalue weighted by molar-refractivity contribution is 0.159. The molecule has 0 radical (unpaired) electrons. The average Bonchev–Trinajstić information content (AvgIpc) is 2.74. The van der Waals surface area contributed by atoms with Crippen LogP contribution in [0.2, 0.25) is 0 Å². The molecule has 1 aliphatic heterocycles. The van der Waals surface area contributed by atoms with Crippen molar-refractivity contribution in [2.24, 2.45) is 5.41 Å². The minimum absolute atomic E-state index is 0.158. The first kappa shape index (κ1) is 14.5. The summed E-state index contributed by atoms with van der Waals surface area (Å²) in [6.07, 6.45) is 6.32. The van der Waals surface area contributed by atoms with E-state index >= 15 is 0 Å². The number of aliphatic hydroxyl groups excluding tert-OH is 1. The van der Waals surface area contributed by atoms with Crippen molar-refractivity contribution >= 4 is 0 Å². The second kappa shape index (κ2) is 7.75. The van der Waals surface area contributed by atoms with Crippen LogP contribution in [0, 0.1) is 5.41 Å². The van der Waals surface area contributed by atoms with E-state index in [-0.39, 0.29) is 5.41 Å². The zero-order valence-electron chi connectivity index (χ0n) is 10.7. The summed E-state index contributed by atoms with van der Waals surface area (Å²) >= 11 is 0. The fourth-order valence-electron chi connectivity index (χ4n) is 1.69. The Kier molecular flexibility index (Phi) is 7.49. The van der Waals surface area contributed by atoms with Gasteiger partial charge in [0.15, 0.2) is 0 Å². The van der Waals surface area contributed by atoms with Gasteiger partial charge in [0.25, 0.3) is 0 Å². The molecule has 1 aliphatic rings. The molecule has 0 saturated heterocycles. The molecule has 0 bridgehead atoms. The number of allylic oxidation sites excluding steroid dienone is 1. The molecular weight excluding hydrogens is 188 g/mol. The van der Waals surface area contributed by atoms with Crippen molar-refractivity contribution in [2.75, 3.05) is 13.2 Å². The van der Waals surface area contributed by atoms with Gasteiger partial charge in [0.05, 0.1) is 12.4 Å². The van der Waals surface area contributed by atoms with Crippen molar-refractivity contribution in [1.29, 1.82) is 0 Å². The molecule has 0 aromatic rings. The van der Waals surface area contributed by atoms with E-state index in [0.29, 0.717) is 6.61 Å². The highest BCUT2D eigenvalue weighted by Crippen LogP contribution is 2.35. The van der Waals surface area contributed by atoms with Crippen molar-refractivity contribution in [1.82, 2.24) is 0 Å². The monoisotopic (exact) mass is 214 g/mol. The van der Waals surface area contributed by atoms with Gasteiger partial charge in [0.1, 0.15) is 0 Å². The Morgan fingerprint density at radius 1 is 1.33 bits per heavy atom. The predicted molar refractivity (Wildman–Crippen MR) is 64.7 cm³/mol. The van der Waals surface area contributed by atoms with E-state index in [9.17, 15) is 0 Å². The molecule has 1 heterocycles. The van der Waals surface area contributed by atoms with Crippen LogP contribution in [0.25, 0.3) is 0 Å². The fraction of sp³-hybridized carbons (Fsp3) is 0.846. The minimum Gasteiger partial charge on any atom is -0.497 e. The standard InChI is InChI=1S/C11H20O2.C2H6/c1-11(2,7-3-4-8-12)10-6-5-9-13-10;1-2/h6,12H,3-5,7-9H2,1-2H3;1-2H3. The molecule has 0 aliphatic carbocycles. The Hall–Kier alpha value is -0.500. The van der Waals surface area contributed by atoms with Crippen molar-refractivity contribution in [3.05, 3.63) is 11.8 Å². The average molecular weight is 214 g/mol. The maximum absolute atomic E-state index is 8.68. The van der Waals surface area contributed by atoms with Gasteiger partial charge in [-0.25, -0.2) is 0 Å². The van der Waals surface area contributed by atoms with Crippen LogP contribution in [0.5, 0.6) is 0 Å². The van der Waals surface area contributed by atoms with Gasteiger partial charge in [-0.1, -0.05) is 34.1 Å². The van der Waals surface area contributed by atoms with Crippen molar-refractivity contribution in [3.8, 4) is 0 Å². The summed E-state index contributed by atoms with van der Waals surface area (Å²) in [6.45, 7) is 9.57. The van der Waals surface area contributed by atoms with Crippen LogP contribution in [-0.2, 0) is 4.74 Å². The summed E-state index contributed by atoms with van der Waals surface area (Å²) in [5, 5.41) is 8.68. The highest BCUT2D eigenvalue weighted by Gasteiger charge is 2.26. The van der Waals surface area contributed by atoms with Crippen LogP contribution in [-0.4, -0.2) is 18.3 Å². The Bertz CT molecular complexity index is 183. The molecule has 0 saturated carbocycles.